The summed E-state index contributed by atoms with van der Waals surface area (Å²) >= 11 is 9.26. The molecule has 6 rings (SSSR count). The highest BCUT2D eigenvalue weighted by molar-refractivity contribution is 7.98. The van der Waals surface area contributed by atoms with Crippen LogP contribution in [-0.2, 0) is 12.3 Å². The molecule has 2 aromatic carbocycles. The first-order valence-electron chi connectivity index (χ1n) is 12.5. The number of carbonyl (C=O) groups is 1. The van der Waals surface area contributed by atoms with Crippen molar-refractivity contribution < 1.29 is 9.21 Å². The fourth-order valence-electron chi connectivity index (χ4n) is 4.49. The second kappa shape index (κ2) is 11.7. The van der Waals surface area contributed by atoms with E-state index in [2.05, 4.69) is 44.3 Å². The Morgan fingerprint density at radius 3 is 2.62 bits per heavy atom. The number of benzene rings is 2. The Labute approximate surface area is 239 Å². The number of nitrogens with zero attached hydrogens (tertiary/aromatic N) is 6. The Morgan fingerprint density at radius 2 is 1.85 bits per heavy atom. The van der Waals surface area contributed by atoms with Gasteiger partial charge in [0.05, 0.1) is 17.7 Å². The zero-order valence-corrected chi connectivity index (χ0v) is 23.3. The van der Waals surface area contributed by atoms with E-state index >= 15 is 0 Å². The Balaban J connectivity index is 1.11. The number of furan rings is 1. The molecule has 1 aliphatic rings. The van der Waals surface area contributed by atoms with Crippen molar-refractivity contribution in [1.82, 2.24) is 29.5 Å². The number of carbonyl (C=O) groups excluding carboxylic acids is 1. The van der Waals surface area contributed by atoms with Crippen molar-refractivity contribution in [2.45, 2.75) is 17.5 Å². The topological polar surface area (TPSA) is 80.3 Å². The predicted octanol–water partition coefficient (Wildman–Crippen LogP) is 5.89. The Bertz CT molecular complexity index is 1550. The van der Waals surface area contributed by atoms with Gasteiger partial charge in [-0.25, -0.2) is 4.98 Å². The zero-order valence-electron chi connectivity index (χ0n) is 20.9. The van der Waals surface area contributed by atoms with E-state index in [-0.39, 0.29) is 5.91 Å². The van der Waals surface area contributed by atoms with Gasteiger partial charge < -0.3 is 9.32 Å². The monoisotopic (exact) mass is 576 g/mol. The molecule has 0 radical (unpaired) electrons. The van der Waals surface area contributed by atoms with Crippen LogP contribution in [-0.4, -0.2) is 61.6 Å². The molecular weight excluding hydrogens is 552 g/mol. The molecule has 1 fully saturated rings. The molecule has 11 heteroatoms. The van der Waals surface area contributed by atoms with Gasteiger partial charge in [0.2, 0.25) is 5.82 Å². The second-order valence-corrected chi connectivity index (χ2v) is 11.4. The number of amides is 1. The number of thioether (sulfide) groups is 1. The van der Waals surface area contributed by atoms with Gasteiger partial charge in [-0.2, -0.15) is 0 Å². The van der Waals surface area contributed by atoms with E-state index in [0.717, 1.165) is 30.3 Å². The minimum Gasteiger partial charge on any atom is -0.461 e. The van der Waals surface area contributed by atoms with Gasteiger partial charge in [0.25, 0.3) is 5.91 Å². The summed E-state index contributed by atoms with van der Waals surface area (Å²) in [5.74, 6) is 1.75. The van der Waals surface area contributed by atoms with Gasteiger partial charge in [-0.3, -0.25) is 14.3 Å². The molecule has 39 heavy (non-hydrogen) atoms. The first kappa shape index (κ1) is 25.8. The fourth-order valence-corrected chi connectivity index (χ4v) is 6.41. The minimum atomic E-state index is -0.0101. The van der Waals surface area contributed by atoms with Gasteiger partial charge in [-0.15, -0.1) is 21.5 Å². The molecule has 1 saturated heterocycles. The molecule has 1 amide bonds. The minimum absolute atomic E-state index is 0.0101. The molecule has 4 heterocycles. The van der Waals surface area contributed by atoms with Crippen molar-refractivity contribution >= 4 is 40.6 Å². The number of thiazole rings is 1. The number of aromatic nitrogens is 4. The van der Waals surface area contributed by atoms with Gasteiger partial charge in [0.1, 0.15) is 10.7 Å². The molecule has 0 atom stereocenters. The van der Waals surface area contributed by atoms with Gasteiger partial charge in [-0.05, 0) is 35.9 Å². The molecule has 1 aliphatic heterocycles. The van der Waals surface area contributed by atoms with E-state index in [1.807, 2.05) is 57.3 Å². The molecule has 0 saturated carbocycles. The van der Waals surface area contributed by atoms with Crippen molar-refractivity contribution in [1.29, 1.82) is 0 Å². The van der Waals surface area contributed by atoms with Gasteiger partial charge in [-0.1, -0.05) is 59.8 Å². The lowest BCUT2D eigenvalue weighted by atomic mass is 10.2. The first-order chi connectivity index (χ1) is 19.1. The highest BCUT2D eigenvalue weighted by atomic mass is 35.5. The molecule has 0 aliphatic carbocycles. The van der Waals surface area contributed by atoms with Crippen LogP contribution in [0.1, 0.15) is 21.1 Å². The summed E-state index contributed by atoms with van der Waals surface area (Å²) in [6.45, 7) is 4.01. The molecular formula is C28H25ClN6O2S2. The van der Waals surface area contributed by atoms with Crippen molar-refractivity contribution in [2.75, 3.05) is 26.2 Å². The van der Waals surface area contributed by atoms with Crippen LogP contribution < -0.4 is 0 Å². The molecule has 3 aromatic heterocycles. The lowest BCUT2D eigenvalue weighted by Crippen LogP contribution is -2.48. The highest BCUT2D eigenvalue weighted by Gasteiger charge is 2.24. The number of hydrogen-bond acceptors (Lipinski definition) is 8. The van der Waals surface area contributed by atoms with Crippen molar-refractivity contribution in [3.05, 3.63) is 99.7 Å². The summed E-state index contributed by atoms with van der Waals surface area (Å²) in [5, 5.41) is 12.8. The molecule has 0 spiro atoms. The van der Waals surface area contributed by atoms with Crippen LogP contribution in [0, 0.1) is 0 Å². The lowest BCUT2D eigenvalue weighted by molar-refractivity contribution is 0.0623. The Kier molecular flexibility index (Phi) is 7.78. The van der Waals surface area contributed by atoms with Crippen molar-refractivity contribution in [3.63, 3.8) is 0 Å². The van der Waals surface area contributed by atoms with E-state index in [1.165, 1.54) is 28.7 Å². The van der Waals surface area contributed by atoms with Crippen molar-refractivity contribution in [2.24, 2.45) is 0 Å². The maximum absolute atomic E-state index is 13.2. The highest BCUT2D eigenvalue weighted by Crippen LogP contribution is 2.31. The number of rotatable bonds is 8. The summed E-state index contributed by atoms with van der Waals surface area (Å²) in [6, 6.07) is 21.6. The average Bonchev–Trinajstić information content (AvgIpc) is 3.74. The fraction of sp³-hybridized carbons (Fsp3) is 0.214. The van der Waals surface area contributed by atoms with Crippen LogP contribution >= 0.6 is 34.7 Å². The van der Waals surface area contributed by atoms with Crippen molar-refractivity contribution in [3.8, 4) is 17.3 Å². The quantitative estimate of drug-likeness (QED) is 0.213. The number of hydrogen-bond donors (Lipinski definition) is 0. The SMILES string of the molecule is O=C(c1csc(CSc2nnc(-c3ccco3)n2-c2cccc(Cl)c2)n1)N1CCN(Cc2ccccc2)CC1. The van der Waals surface area contributed by atoms with E-state index in [0.29, 0.717) is 46.3 Å². The Hall–Kier alpha value is -3.44. The lowest BCUT2D eigenvalue weighted by Gasteiger charge is -2.34. The molecule has 5 aromatic rings. The molecule has 8 nitrogen and oxygen atoms in total. The maximum atomic E-state index is 13.2. The average molecular weight is 577 g/mol. The molecule has 0 bridgehead atoms. The Morgan fingerprint density at radius 1 is 1.00 bits per heavy atom. The zero-order chi connectivity index (χ0) is 26.6. The number of piperazine rings is 1. The van der Waals surface area contributed by atoms with E-state index in [1.54, 1.807) is 6.26 Å². The van der Waals surface area contributed by atoms with E-state index < -0.39 is 0 Å². The number of halogens is 1. The van der Waals surface area contributed by atoms with Gasteiger partial charge in [0, 0.05) is 43.1 Å². The second-order valence-electron chi connectivity index (χ2n) is 9.07. The van der Waals surface area contributed by atoms with Crippen LogP contribution in [0.25, 0.3) is 17.3 Å². The van der Waals surface area contributed by atoms with E-state index in [9.17, 15) is 4.79 Å². The summed E-state index contributed by atoms with van der Waals surface area (Å²) in [7, 11) is 0. The van der Waals surface area contributed by atoms with Gasteiger partial charge in [0.15, 0.2) is 10.9 Å². The molecule has 0 unspecified atom stereocenters. The smallest absolute Gasteiger partial charge is 0.273 e. The van der Waals surface area contributed by atoms with Crippen LogP contribution in [0.4, 0.5) is 0 Å². The van der Waals surface area contributed by atoms with Crippen LogP contribution in [0.3, 0.4) is 0 Å². The third-order valence-electron chi connectivity index (χ3n) is 6.45. The van der Waals surface area contributed by atoms with Crippen LogP contribution in [0.15, 0.2) is 87.9 Å². The predicted molar refractivity (Wildman–Crippen MR) is 153 cm³/mol. The summed E-state index contributed by atoms with van der Waals surface area (Å²) in [5.41, 5.74) is 2.63. The third-order valence-corrected chi connectivity index (χ3v) is 8.65. The van der Waals surface area contributed by atoms with Crippen LogP contribution in [0.5, 0.6) is 0 Å². The first-order valence-corrected chi connectivity index (χ1v) is 14.8. The van der Waals surface area contributed by atoms with Gasteiger partial charge >= 0.3 is 0 Å². The standard InChI is InChI=1S/C28H25ClN6O2S2/c29-21-8-4-9-22(16-21)35-26(24-10-5-15-37-24)31-32-28(35)39-19-25-30-23(18-38-25)27(36)34-13-11-33(12-14-34)17-20-6-2-1-3-7-20/h1-10,15-16,18H,11-14,17,19H2. The molecule has 0 N–H and O–H groups in total. The summed E-state index contributed by atoms with van der Waals surface area (Å²) < 4.78 is 7.51. The third kappa shape index (κ3) is 5.94. The maximum Gasteiger partial charge on any atom is 0.273 e. The largest absolute Gasteiger partial charge is 0.461 e. The summed E-state index contributed by atoms with van der Waals surface area (Å²) in [4.78, 5) is 22.1. The molecule has 198 valence electrons. The summed E-state index contributed by atoms with van der Waals surface area (Å²) in [6.07, 6.45) is 1.61. The van der Waals surface area contributed by atoms with Crippen LogP contribution in [0.2, 0.25) is 5.02 Å². The van der Waals surface area contributed by atoms with E-state index in [4.69, 9.17) is 16.0 Å². The normalized spacial score (nSPS) is 14.1.